The van der Waals surface area contributed by atoms with Gasteiger partial charge in [-0.1, -0.05) is 0 Å². The minimum Gasteiger partial charge on any atom is -0.379 e. The van der Waals surface area contributed by atoms with Gasteiger partial charge in [-0.3, -0.25) is 19.3 Å². The van der Waals surface area contributed by atoms with E-state index in [9.17, 15) is 14.4 Å². The molecule has 0 spiro atoms. The second kappa shape index (κ2) is 9.78. The van der Waals surface area contributed by atoms with Crippen molar-refractivity contribution in [2.45, 2.75) is 46.5 Å². The summed E-state index contributed by atoms with van der Waals surface area (Å²) in [5, 5.41) is 2.93. The first kappa shape index (κ1) is 20.5. The van der Waals surface area contributed by atoms with E-state index in [-0.39, 0.29) is 17.5 Å². The van der Waals surface area contributed by atoms with Gasteiger partial charge in [0.05, 0.1) is 13.2 Å². The lowest BCUT2D eigenvalue weighted by Crippen LogP contribution is -2.38. The van der Waals surface area contributed by atoms with Gasteiger partial charge >= 0.3 is 0 Å². The first-order valence-corrected chi connectivity index (χ1v) is 9.45. The van der Waals surface area contributed by atoms with Crippen LogP contribution in [-0.4, -0.2) is 61.8 Å². The summed E-state index contributed by atoms with van der Waals surface area (Å²) in [7, 11) is 0. The Morgan fingerprint density at radius 1 is 1.00 bits per heavy atom. The van der Waals surface area contributed by atoms with Crippen LogP contribution >= 0.6 is 0 Å². The van der Waals surface area contributed by atoms with Crippen LogP contribution in [0.15, 0.2) is 22.3 Å². The van der Waals surface area contributed by atoms with Crippen LogP contribution in [0.1, 0.15) is 46.5 Å². The van der Waals surface area contributed by atoms with Gasteiger partial charge in [0.1, 0.15) is 0 Å². The minimum absolute atomic E-state index is 0.00302. The Kier molecular flexibility index (Phi) is 7.72. The van der Waals surface area contributed by atoms with Crippen molar-refractivity contribution in [3.05, 3.63) is 22.3 Å². The van der Waals surface area contributed by atoms with Crippen molar-refractivity contribution in [3.63, 3.8) is 0 Å². The SMILES string of the molecule is CC1=C(C)C(=O)C(CCCC(=O)NCCCN2CCOCC2)=C(C)C1=O. The highest BCUT2D eigenvalue weighted by molar-refractivity contribution is 6.24. The number of hydrogen-bond acceptors (Lipinski definition) is 5. The molecule has 1 saturated heterocycles. The van der Waals surface area contributed by atoms with Gasteiger partial charge in [-0.05, 0) is 46.6 Å². The van der Waals surface area contributed by atoms with Gasteiger partial charge in [-0.15, -0.1) is 0 Å². The first-order valence-electron chi connectivity index (χ1n) is 9.45. The highest BCUT2D eigenvalue weighted by atomic mass is 16.5. The third kappa shape index (κ3) is 5.35. The van der Waals surface area contributed by atoms with E-state index in [1.807, 2.05) is 0 Å². The highest BCUT2D eigenvalue weighted by Crippen LogP contribution is 2.27. The fourth-order valence-corrected chi connectivity index (χ4v) is 3.33. The fourth-order valence-electron chi connectivity index (χ4n) is 3.33. The van der Waals surface area contributed by atoms with Crippen LogP contribution in [0.2, 0.25) is 0 Å². The fraction of sp³-hybridized carbons (Fsp3) is 0.650. The molecule has 26 heavy (non-hydrogen) atoms. The molecule has 1 aliphatic heterocycles. The van der Waals surface area contributed by atoms with Crippen molar-refractivity contribution in [1.29, 1.82) is 0 Å². The van der Waals surface area contributed by atoms with Crippen molar-refractivity contribution in [2.75, 3.05) is 39.4 Å². The number of carbonyl (C=O) groups is 3. The summed E-state index contributed by atoms with van der Waals surface area (Å²) in [5.74, 6) is -0.0987. The van der Waals surface area contributed by atoms with Gasteiger partial charge in [0.15, 0.2) is 11.6 Å². The van der Waals surface area contributed by atoms with Crippen molar-refractivity contribution in [3.8, 4) is 0 Å². The van der Waals surface area contributed by atoms with E-state index in [4.69, 9.17) is 4.74 Å². The summed E-state index contributed by atoms with van der Waals surface area (Å²) in [6, 6.07) is 0. The van der Waals surface area contributed by atoms with Gasteiger partial charge in [0, 0.05) is 48.3 Å². The molecule has 0 radical (unpaired) electrons. The number of nitrogens with zero attached hydrogens (tertiary/aromatic N) is 1. The zero-order valence-electron chi connectivity index (χ0n) is 16.2. The number of ketones is 2. The molecule has 1 fully saturated rings. The number of ether oxygens (including phenoxy) is 1. The molecule has 0 atom stereocenters. The second-order valence-corrected chi connectivity index (χ2v) is 7.02. The number of morpholine rings is 1. The Bertz CT molecular complexity index is 628. The van der Waals surface area contributed by atoms with Gasteiger partial charge in [-0.25, -0.2) is 0 Å². The van der Waals surface area contributed by atoms with E-state index in [0.29, 0.717) is 48.1 Å². The number of Topliss-reactive ketones (excluding diaryl/α,β-unsaturated/α-hetero) is 2. The predicted octanol–water partition coefficient (Wildman–Crippen LogP) is 1.80. The highest BCUT2D eigenvalue weighted by Gasteiger charge is 2.27. The quantitative estimate of drug-likeness (QED) is 0.526. The topological polar surface area (TPSA) is 75.7 Å². The lowest BCUT2D eigenvalue weighted by atomic mass is 9.84. The number of nitrogens with one attached hydrogen (secondary N) is 1. The molecule has 0 aromatic rings. The molecular formula is C20H30N2O4. The molecule has 0 unspecified atom stereocenters. The molecule has 1 amide bonds. The molecule has 2 rings (SSSR count). The maximum absolute atomic E-state index is 12.3. The van der Waals surface area contributed by atoms with Gasteiger partial charge in [0.2, 0.25) is 5.91 Å². The zero-order chi connectivity index (χ0) is 19.1. The van der Waals surface area contributed by atoms with E-state index in [1.165, 1.54) is 0 Å². The normalized spacial score (nSPS) is 19.3. The molecule has 6 nitrogen and oxygen atoms in total. The summed E-state index contributed by atoms with van der Waals surface area (Å²) in [6.45, 7) is 10.2. The lowest BCUT2D eigenvalue weighted by Gasteiger charge is -2.26. The molecule has 1 aliphatic carbocycles. The molecule has 1 N–H and O–H groups in total. The number of carbonyl (C=O) groups excluding carboxylic acids is 3. The maximum atomic E-state index is 12.3. The molecular weight excluding hydrogens is 332 g/mol. The Morgan fingerprint density at radius 2 is 1.65 bits per heavy atom. The standard InChI is InChI=1S/C20H30N2O4/c1-14-15(2)20(25)17(16(3)19(14)24)6-4-7-18(23)21-8-5-9-22-10-12-26-13-11-22/h4-13H2,1-3H3,(H,21,23). The molecule has 0 bridgehead atoms. The lowest BCUT2D eigenvalue weighted by molar-refractivity contribution is -0.121. The average molecular weight is 362 g/mol. The largest absolute Gasteiger partial charge is 0.379 e. The van der Waals surface area contributed by atoms with Crippen molar-refractivity contribution in [2.24, 2.45) is 0 Å². The average Bonchev–Trinajstić information content (AvgIpc) is 2.65. The smallest absolute Gasteiger partial charge is 0.220 e. The Balaban J connectivity index is 1.66. The third-order valence-corrected chi connectivity index (χ3v) is 5.22. The molecule has 6 heteroatoms. The van der Waals surface area contributed by atoms with Crippen molar-refractivity contribution < 1.29 is 19.1 Å². The van der Waals surface area contributed by atoms with Crippen LogP contribution in [-0.2, 0) is 19.1 Å². The Morgan fingerprint density at radius 3 is 2.35 bits per heavy atom. The van der Waals surface area contributed by atoms with Crippen LogP contribution in [0, 0.1) is 0 Å². The molecule has 0 aromatic heterocycles. The summed E-state index contributed by atoms with van der Waals surface area (Å²) < 4.78 is 5.31. The van der Waals surface area contributed by atoms with E-state index >= 15 is 0 Å². The molecule has 0 aromatic carbocycles. The summed E-state index contributed by atoms with van der Waals surface area (Å²) >= 11 is 0. The van der Waals surface area contributed by atoms with Gasteiger partial charge < -0.3 is 10.1 Å². The van der Waals surface area contributed by atoms with E-state index in [1.54, 1.807) is 20.8 Å². The van der Waals surface area contributed by atoms with E-state index < -0.39 is 0 Å². The monoisotopic (exact) mass is 362 g/mol. The van der Waals surface area contributed by atoms with Crippen LogP contribution in [0.25, 0.3) is 0 Å². The third-order valence-electron chi connectivity index (χ3n) is 5.22. The molecule has 144 valence electrons. The summed E-state index contributed by atoms with van der Waals surface area (Å²) in [6.07, 6.45) is 2.35. The van der Waals surface area contributed by atoms with Crippen LogP contribution in [0.5, 0.6) is 0 Å². The molecule has 2 aliphatic rings. The van der Waals surface area contributed by atoms with Crippen molar-refractivity contribution >= 4 is 17.5 Å². The summed E-state index contributed by atoms with van der Waals surface area (Å²) in [5.41, 5.74) is 2.17. The number of amides is 1. The zero-order valence-corrected chi connectivity index (χ0v) is 16.2. The molecule has 1 heterocycles. The minimum atomic E-state index is -0.0512. The van der Waals surface area contributed by atoms with Gasteiger partial charge in [0.25, 0.3) is 0 Å². The predicted molar refractivity (Wildman–Crippen MR) is 99.8 cm³/mol. The maximum Gasteiger partial charge on any atom is 0.220 e. The first-order chi connectivity index (χ1) is 12.4. The van der Waals surface area contributed by atoms with E-state index in [2.05, 4.69) is 10.2 Å². The molecule has 0 saturated carbocycles. The van der Waals surface area contributed by atoms with Crippen LogP contribution in [0.3, 0.4) is 0 Å². The summed E-state index contributed by atoms with van der Waals surface area (Å²) in [4.78, 5) is 38.8. The number of rotatable bonds is 8. The van der Waals surface area contributed by atoms with E-state index in [0.717, 1.165) is 39.3 Å². The number of hydrogen-bond donors (Lipinski definition) is 1. The van der Waals surface area contributed by atoms with Crippen LogP contribution in [0.4, 0.5) is 0 Å². The van der Waals surface area contributed by atoms with Crippen molar-refractivity contribution in [1.82, 2.24) is 10.2 Å². The Hall–Kier alpha value is -1.79. The number of allylic oxidation sites excluding steroid dienone is 4. The Labute approximate surface area is 155 Å². The van der Waals surface area contributed by atoms with Gasteiger partial charge in [-0.2, -0.15) is 0 Å². The second-order valence-electron chi connectivity index (χ2n) is 7.02. The van der Waals surface area contributed by atoms with Crippen LogP contribution < -0.4 is 5.32 Å².